The van der Waals surface area contributed by atoms with Crippen molar-refractivity contribution in [3.05, 3.63) is 53.7 Å². The van der Waals surface area contributed by atoms with Crippen molar-refractivity contribution in [2.24, 2.45) is 0 Å². The van der Waals surface area contributed by atoms with Gasteiger partial charge in [0.15, 0.2) is 0 Å². The van der Waals surface area contributed by atoms with Crippen LogP contribution in [0.5, 0.6) is 5.75 Å². The van der Waals surface area contributed by atoms with Gasteiger partial charge >= 0.3 is 0 Å². The molecule has 0 saturated carbocycles. The molecule has 0 atom stereocenters. The molecule has 0 unspecified atom stereocenters. The van der Waals surface area contributed by atoms with Crippen molar-refractivity contribution in [3.63, 3.8) is 0 Å². The van der Waals surface area contributed by atoms with Gasteiger partial charge in [0.1, 0.15) is 22.2 Å². The Morgan fingerprint density at radius 2 is 1.86 bits per heavy atom. The molecule has 3 radical (unpaired) electrons. The first kappa shape index (κ1) is 20.4. The first-order chi connectivity index (χ1) is 13.2. The minimum absolute atomic E-state index is 0.181. The number of nitrogens with zero attached hydrogens (tertiary/aromatic N) is 2. The van der Waals surface area contributed by atoms with Gasteiger partial charge in [0.2, 0.25) is 0 Å². The number of thiazole rings is 1. The van der Waals surface area contributed by atoms with Crippen LogP contribution in [0.25, 0.3) is 10.6 Å². The van der Waals surface area contributed by atoms with E-state index in [9.17, 15) is 0 Å². The Labute approximate surface area is 173 Å². The van der Waals surface area contributed by atoms with Gasteiger partial charge in [-0.2, -0.15) is 0 Å². The second-order valence-corrected chi connectivity index (χ2v) is 9.83. The third-order valence-corrected chi connectivity index (χ3v) is 6.38. The lowest BCUT2D eigenvalue weighted by molar-refractivity contribution is 0.0695. The van der Waals surface area contributed by atoms with Crippen molar-refractivity contribution in [3.8, 4) is 16.3 Å². The number of pyridine rings is 1. The Morgan fingerprint density at radius 1 is 1.14 bits per heavy atom. The number of anilines is 2. The molecule has 28 heavy (non-hydrogen) atoms. The molecule has 0 aliphatic rings. The summed E-state index contributed by atoms with van der Waals surface area (Å²) in [4.78, 5) is 8.67. The van der Waals surface area contributed by atoms with Crippen molar-refractivity contribution in [2.45, 2.75) is 44.9 Å². The van der Waals surface area contributed by atoms with Crippen molar-refractivity contribution < 1.29 is 4.74 Å². The third-order valence-electron chi connectivity index (χ3n) is 4.89. The number of nitrogens with one attached hydrogen (secondary N) is 1. The molecule has 145 valence electrons. The van der Waals surface area contributed by atoms with E-state index in [0.717, 1.165) is 27.7 Å². The van der Waals surface area contributed by atoms with Crippen LogP contribution in [0.2, 0.25) is 5.04 Å². The maximum atomic E-state index is 6.25. The van der Waals surface area contributed by atoms with Crippen LogP contribution in [-0.2, 0) is 6.54 Å². The zero-order valence-corrected chi connectivity index (χ0v) is 18.4. The van der Waals surface area contributed by atoms with Gasteiger partial charge in [-0.25, -0.2) is 4.98 Å². The molecule has 7 heteroatoms. The summed E-state index contributed by atoms with van der Waals surface area (Å²) in [5.74, 6) is 1.59. The van der Waals surface area contributed by atoms with E-state index >= 15 is 0 Å². The lowest BCUT2D eigenvalue weighted by atomic mass is 9.93. The largest absolute Gasteiger partial charge is 0.488 e. The standard InChI is InChI=1S/C21H25N4OSSi/c1-20(2,21(3,4)28)26-16-6-5-15(17(22)11-16)12-24-18-13-27-19(25-18)14-7-9-23-10-8-14/h5-11,13,24H,12,22H2,1-4H3. The highest BCUT2D eigenvalue weighted by Crippen LogP contribution is 2.38. The van der Waals surface area contributed by atoms with Crippen LogP contribution >= 0.6 is 11.3 Å². The highest BCUT2D eigenvalue weighted by molar-refractivity contribution is 7.13. The zero-order chi connectivity index (χ0) is 20.4. The average Bonchev–Trinajstić information content (AvgIpc) is 3.09. The fraction of sp³-hybridized carbons (Fsp3) is 0.333. The van der Waals surface area contributed by atoms with Gasteiger partial charge in [0, 0.05) is 51.9 Å². The molecule has 5 nitrogen and oxygen atoms in total. The third kappa shape index (κ3) is 4.72. The van der Waals surface area contributed by atoms with Gasteiger partial charge in [0.25, 0.3) is 0 Å². The first-order valence-corrected chi connectivity index (χ1v) is 10.5. The molecule has 0 aliphatic carbocycles. The second-order valence-electron chi connectivity index (χ2n) is 7.73. The maximum absolute atomic E-state index is 6.25. The predicted octanol–water partition coefficient (Wildman–Crippen LogP) is 4.92. The molecule has 0 bridgehead atoms. The second kappa shape index (κ2) is 7.93. The van der Waals surface area contributed by atoms with E-state index in [4.69, 9.17) is 10.5 Å². The van der Waals surface area contributed by atoms with Gasteiger partial charge in [-0.15, -0.1) is 11.3 Å². The normalized spacial score (nSPS) is 12.0. The summed E-state index contributed by atoms with van der Waals surface area (Å²) in [6.45, 7) is 8.86. The van der Waals surface area contributed by atoms with Crippen LogP contribution in [0.3, 0.4) is 0 Å². The number of ether oxygens (including phenoxy) is 1. The molecule has 3 rings (SSSR count). The zero-order valence-electron chi connectivity index (χ0n) is 16.6. The number of rotatable bonds is 7. The quantitative estimate of drug-likeness (QED) is 0.428. The monoisotopic (exact) mass is 409 g/mol. The van der Waals surface area contributed by atoms with E-state index in [-0.39, 0.29) is 10.6 Å². The average molecular weight is 410 g/mol. The Morgan fingerprint density at radius 3 is 2.50 bits per heavy atom. The highest BCUT2D eigenvalue weighted by atomic mass is 32.1. The summed E-state index contributed by atoms with van der Waals surface area (Å²) in [5.41, 5.74) is 8.62. The Bertz CT molecular complexity index is 935. The number of nitrogens with two attached hydrogens (primary N) is 1. The molecule has 0 amide bonds. The molecule has 0 aliphatic heterocycles. The topological polar surface area (TPSA) is 73.1 Å². The first-order valence-electron chi connectivity index (χ1n) is 9.08. The molecular weight excluding hydrogens is 384 g/mol. The number of aromatic nitrogens is 2. The van der Waals surface area contributed by atoms with E-state index in [1.54, 1.807) is 23.7 Å². The fourth-order valence-electron chi connectivity index (χ4n) is 2.39. The van der Waals surface area contributed by atoms with Crippen LogP contribution in [0.4, 0.5) is 11.5 Å². The van der Waals surface area contributed by atoms with Gasteiger partial charge in [-0.3, -0.25) is 4.98 Å². The van der Waals surface area contributed by atoms with E-state index < -0.39 is 0 Å². The highest BCUT2D eigenvalue weighted by Gasteiger charge is 2.35. The molecule has 0 spiro atoms. The Balaban J connectivity index is 1.65. The van der Waals surface area contributed by atoms with Crippen LogP contribution in [0.15, 0.2) is 48.1 Å². The van der Waals surface area contributed by atoms with E-state index in [1.807, 2.05) is 49.6 Å². The number of benzene rings is 1. The summed E-state index contributed by atoms with van der Waals surface area (Å²) in [5, 5.41) is 6.12. The van der Waals surface area contributed by atoms with E-state index in [2.05, 4.69) is 39.4 Å². The fourth-order valence-corrected chi connectivity index (χ4v) is 3.22. The van der Waals surface area contributed by atoms with Crippen LogP contribution in [-0.4, -0.2) is 25.8 Å². The number of hydrogen-bond acceptors (Lipinski definition) is 6. The molecule has 3 N–H and O–H groups in total. The van der Waals surface area contributed by atoms with Crippen LogP contribution in [0, 0.1) is 0 Å². The Kier molecular flexibility index (Phi) is 5.76. The van der Waals surface area contributed by atoms with E-state index in [0.29, 0.717) is 12.2 Å². The van der Waals surface area contributed by atoms with Crippen molar-refractivity contribution in [2.75, 3.05) is 11.1 Å². The van der Waals surface area contributed by atoms with Crippen LogP contribution < -0.4 is 15.8 Å². The number of hydrogen-bond donors (Lipinski definition) is 2. The molecule has 0 saturated heterocycles. The minimum Gasteiger partial charge on any atom is -0.488 e. The summed E-state index contributed by atoms with van der Waals surface area (Å²) in [7, 11) is 3.74. The van der Waals surface area contributed by atoms with E-state index in [1.165, 1.54) is 0 Å². The number of nitrogen functional groups attached to an aromatic ring is 1. The van der Waals surface area contributed by atoms with Crippen molar-refractivity contribution >= 4 is 33.1 Å². The molecule has 2 aromatic heterocycles. The summed E-state index contributed by atoms with van der Waals surface area (Å²) in [6.07, 6.45) is 3.54. The summed E-state index contributed by atoms with van der Waals surface area (Å²) in [6, 6.07) is 9.73. The molecule has 1 aromatic carbocycles. The van der Waals surface area contributed by atoms with Gasteiger partial charge in [-0.1, -0.05) is 19.9 Å². The molecule has 0 fully saturated rings. The lowest BCUT2D eigenvalue weighted by Gasteiger charge is -2.39. The lowest BCUT2D eigenvalue weighted by Crippen LogP contribution is -2.39. The van der Waals surface area contributed by atoms with Gasteiger partial charge < -0.3 is 15.8 Å². The maximum Gasteiger partial charge on any atom is 0.138 e. The SMILES string of the molecule is CC(C)([Si])C(C)(C)Oc1ccc(CNc2csc(-c3ccncc3)n2)c(N)c1. The van der Waals surface area contributed by atoms with Crippen molar-refractivity contribution in [1.82, 2.24) is 9.97 Å². The molecular formula is C21H25N4OSSi. The molecule has 3 aromatic rings. The smallest absolute Gasteiger partial charge is 0.138 e. The summed E-state index contributed by atoms with van der Waals surface area (Å²) < 4.78 is 6.15. The van der Waals surface area contributed by atoms with Crippen LogP contribution in [0.1, 0.15) is 33.3 Å². The minimum atomic E-state index is -0.389. The summed E-state index contributed by atoms with van der Waals surface area (Å²) >= 11 is 1.60. The van der Waals surface area contributed by atoms with Gasteiger partial charge in [0.05, 0.1) is 0 Å². The predicted molar refractivity (Wildman–Crippen MR) is 118 cm³/mol. The Hall–Kier alpha value is -2.38. The molecule has 2 heterocycles. The van der Waals surface area contributed by atoms with Gasteiger partial charge in [-0.05, 0) is 42.6 Å². The van der Waals surface area contributed by atoms with Crippen molar-refractivity contribution in [1.29, 1.82) is 0 Å².